The highest BCUT2D eigenvalue weighted by Crippen LogP contribution is 2.37. The molecule has 1 saturated carbocycles. The topological polar surface area (TPSA) is 54.9 Å². The minimum atomic E-state index is -0.147. The molecule has 0 amide bonds. The van der Waals surface area contributed by atoms with Gasteiger partial charge in [0.1, 0.15) is 5.75 Å². The molecule has 6 rings (SSSR count). The fraction of sp³-hybridized carbons (Fsp3) is 0.484. The first-order valence-electron chi connectivity index (χ1n) is 14.2. The Kier molecular flexibility index (Phi) is 8.02. The van der Waals surface area contributed by atoms with Gasteiger partial charge in [0.05, 0.1) is 18.0 Å². The fourth-order valence-corrected chi connectivity index (χ4v) is 6.99. The normalized spacial score (nSPS) is 18.2. The Labute approximate surface area is 229 Å². The third-order valence-corrected chi connectivity index (χ3v) is 9.20. The van der Waals surface area contributed by atoms with Gasteiger partial charge in [0, 0.05) is 60.0 Å². The summed E-state index contributed by atoms with van der Waals surface area (Å²) in [5, 5.41) is 1.01. The van der Waals surface area contributed by atoms with Gasteiger partial charge >= 0.3 is 5.97 Å². The lowest BCUT2D eigenvalue weighted by atomic mass is 10.1. The van der Waals surface area contributed by atoms with Gasteiger partial charge in [-0.25, -0.2) is 4.98 Å². The minimum Gasteiger partial charge on any atom is -0.494 e. The number of piperazine rings is 1. The van der Waals surface area contributed by atoms with Crippen molar-refractivity contribution in [2.75, 3.05) is 50.0 Å². The van der Waals surface area contributed by atoms with Gasteiger partial charge in [0.2, 0.25) is 5.88 Å². The number of carbonyl (C=O) groups excluding carboxylic acids is 1. The van der Waals surface area contributed by atoms with Crippen LogP contribution in [0.25, 0.3) is 10.9 Å². The van der Waals surface area contributed by atoms with E-state index in [0.717, 1.165) is 87.9 Å². The summed E-state index contributed by atoms with van der Waals surface area (Å²) in [4.78, 5) is 23.6. The highest BCUT2D eigenvalue weighted by molar-refractivity contribution is 7.99. The standard InChI is InChI=1S/C31H37N3O3S/c35-31(24-6-1-2-7-24)37-30-13-11-23-10-12-25(22-27(23)32-30)36-20-4-3-15-33-16-18-34(19-17-33)28-8-5-9-29-26(28)14-21-38-29/h5,8-13,22,24H,1-4,6-7,14-21H2. The van der Waals surface area contributed by atoms with Crippen molar-refractivity contribution in [2.45, 2.75) is 49.8 Å². The third kappa shape index (κ3) is 5.94. The highest BCUT2D eigenvalue weighted by atomic mass is 32.2. The monoisotopic (exact) mass is 531 g/mol. The van der Waals surface area contributed by atoms with Crippen LogP contribution in [0.3, 0.4) is 0 Å². The molecule has 0 spiro atoms. The molecule has 0 atom stereocenters. The van der Waals surface area contributed by atoms with Crippen LogP contribution in [0.15, 0.2) is 53.4 Å². The predicted molar refractivity (Wildman–Crippen MR) is 154 cm³/mol. The van der Waals surface area contributed by atoms with E-state index in [2.05, 4.69) is 33.0 Å². The van der Waals surface area contributed by atoms with Crippen molar-refractivity contribution in [3.05, 3.63) is 54.1 Å². The summed E-state index contributed by atoms with van der Waals surface area (Å²) in [6, 6.07) is 16.5. The van der Waals surface area contributed by atoms with Crippen molar-refractivity contribution in [3.63, 3.8) is 0 Å². The maximum absolute atomic E-state index is 12.4. The van der Waals surface area contributed by atoms with Crippen LogP contribution in [-0.4, -0.2) is 60.9 Å². The van der Waals surface area contributed by atoms with Crippen LogP contribution in [0, 0.1) is 5.92 Å². The molecule has 0 unspecified atom stereocenters. The number of pyridine rings is 1. The van der Waals surface area contributed by atoms with Gasteiger partial charge in [-0.05, 0) is 74.5 Å². The zero-order chi connectivity index (χ0) is 25.7. The van der Waals surface area contributed by atoms with Crippen molar-refractivity contribution in [1.82, 2.24) is 9.88 Å². The van der Waals surface area contributed by atoms with Crippen LogP contribution in [0.2, 0.25) is 0 Å². The molecule has 7 heteroatoms. The Morgan fingerprint density at radius 1 is 1.00 bits per heavy atom. The molecule has 38 heavy (non-hydrogen) atoms. The summed E-state index contributed by atoms with van der Waals surface area (Å²) >= 11 is 2.00. The summed E-state index contributed by atoms with van der Waals surface area (Å²) in [6.45, 7) is 6.28. The van der Waals surface area contributed by atoms with Gasteiger partial charge in [-0.1, -0.05) is 18.9 Å². The number of nitrogens with zero attached hydrogens (tertiary/aromatic N) is 3. The molecule has 2 aliphatic heterocycles. The Morgan fingerprint density at radius 3 is 2.71 bits per heavy atom. The molecular formula is C31H37N3O3S. The summed E-state index contributed by atoms with van der Waals surface area (Å²) in [5.74, 6) is 2.29. The Balaban J connectivity index is 0.933. The number of fused-ring (bicyclic) bond motifs is 2. The average molecular weight is 532 g/mol. The number of anilines is 1. The lowest BCUT2D eigenvalue weighted by Crippen LogP contribution is -2.47. The van der Waals surface area contributed by atoms with Crippen LogP contribution in [0.5, 0.6) is 11.6 Å². The first kappa shape index (κ1) is 25.5. The SMILES string of the molecule is O=C(Oc1ccc2ccc(OCCCCN3CCN(c4cccc5c4CCS5)CC3)cc2n1)C1CCCC1. The van der Waals surface area contributed by atoms with E-state index in [1.165, 1.54) is 22.8 Å². The van der Waals surface area contributed by atoms with E-state index >= 15 is 0 Å². The summed E-state index contributed by atoms with van der Waals surface area (Å²) in [7, 11) is 0. The number of unbranched alkanes of at least 4 members (excludes halogenated alkanes) is 1. The smallest absolute Gasteiger partial charge is 0.315 e. The quantitative estimate of drug-likeness (QED) is 0.249. The van der Waals surface area contributed by atoms with Gasteiger partial charge in [-0.2, -0.15) is 0 Å². The maximum Gasteiger partial charge on any atom is 0.315 e. The molecule has 6 nitrogen and oxygen atoms in total. The van der Waals surface area contributed by atoms with Crippen molar-refractivity contribution < 1.29 is 14.3 Å². The van der Waals surface area contributed by atoms with Crippen LogP contribution in [0.1, 0.15) is 44.1 Å². The van der Waals surface area contributed by atoms with Crippen molar-refractivity contribution in [2.24, 2.45) is 5.92 Å². The Morgan fingerprint density at radius 2 is 1.84 bits per heavy atom. The molecule has 3 aliphatic rings. The van der Waals surface area contributed by atoms with E-state index in [-0.39, 0.29) is 11.9 Å². The molecule has 0 radical (unpaired) electrons. The zero-order valence-corrected chi connectivity index (χ0v) is 22.9. The molecule has 0 N–H and O–H groups in total. The Bertz CT molecular complexity index is 1270. The molecule has 2 aromatic carbocycles. The number of ether oxygens (including phenoxy) is 2. The van der Waals surface area contributed by atoms with Crippen LogP contribution in [0.4, 0.5) is 5.69 Å². The second kappa shape index (κ2) is 12.0. The summed E-state index contributed by atoms with van der Waals surface area (Å²) in [6.07, 6.45) is 7.43. The minimum absolute atomic E-state index is 0.0229. The maximum atomic E-state index is 12.4. The van der Waals surface area contributed by atoms with Crippen molar-refractivity contribution in [3.8, 4) is 11.6 Å². The van der Waals surface area contributed by atoms with E-state index in [0.29, 0.717) is 12.5 Å². The summed E-state index contributed by atoms with van der Waals surface area (Å²) in [5.41, 5.74) is 3.82. The van der Waals surface area contributed by atoms with E-state index in [1.54, 1.807) is 11.6 Å². The molecule has 2 fully saturated rings. The molecule has 200 valence electrons. The fourth-order valence-electron chi connectivity index (χ4n) is 5.91. The van der Waals surface area contributed by atoms with E-state index in [4.69, 9.17) is 9.47 Å². The van der Waals surface area contributed by atoms with Gasteiger partial charge in [-0.3, -0.25) is 9.69 Å². The molecule has 1 saturated heterocycles. The van der Waals surface area contributed by atoms with Gasteiger partial charge in [0.25, 0.3) is 0 Å². The lowest BCUT2D eigenvalue weighted by molar-refractivity contribution is -0.138. The molecule has 1 aliphatic carbocycles. The van der Waals surface area contributed by atoms with Crippen LogP contribution in [-0.2, 0) is 11.2 Å². The van der Waals surface area contributed by atoms with Crippen LogP contribution < -0.4 is 14.4 Å². The predicted octanol–water partition coefficient (Wildman–Crippen LogP) is 5.96. The van der Waals surface area contributed by atoms with Crippen LogP contribution >= 0.6 is 11.8 Å². The Hall–Kier alpha value is -2.77. The van der Waals surface area contributed by atoms with Crippen molar-refractivity contribution >= 4 is 34.3 Å². The average Bonchev–Trinajstić information content (AvgIpc) is 3.66. The first-order valence-corrected chi connectivity index (χ1v) is 15.2. The number of hydrogen-bond acceptors (Lipinski definition) is 7. The number of rotatable bonds is 9. The van der Waals surface area contributed by atoms with Gasteiger partial charge in [-0.15, -0.1) is 11.8 Å². The number of carbonyl (C=O) groups is 1. The molecule has 3 aromatic rings. The largest absolute Gasteiger partial charge is 0.494 e. The second-order valence-electron chi connectivity index (χ2n) is 10.6. The third-order valence-electron chi connectivity index (χ3n) is 8.10. The van der Waals surface area contributed by atoms with Gasteiger partial charge < -0.3 is 14.4 Å². The number of hydrogen-bond donors (Lipinski definition) is 0. The summed E-state index contributed by atoms with van der Waals surface area (Å²) < 4.78 is 11.6. The number of aromatic nitrogens is 1. The molecule has 3 heterocycles. The second-order valence-corrected chi connectivity index (χ2v) is 11.8. The van der Waals surface area contributed by atoms with E-state index in [1.807, 2.05) is 36.0 Å². The number of benzene rings is 2. The first-order chi connectivity index (χ1) is 18.7. The molecular weight excluding hydrogens is 494 g/mol. The van der Waals surface area contributed by atoms with E-state index in [9.17, 15) is 4.79 Å². The van der Waals surface area contributed by atoms with Crippen molar-refractivity contribution in [1.29, 1.82) is 0 Å². The molecule has 1 aromatic heterocycles. The van der Waals surface area contributed by atoms with E-state index < -0.39 is 0 Å². The zero-order valence-electron chi connectivity index (χ0n) is 22.1. The molecule has 0 bridgehead atoms. The van der Waals surface area contributed by atoms with Gasteiger partial charge in [0.15, 0.2) is 0 Å². The number of esters is 1. The number of thioether (sulfide) groups is 1. The highest BCUT2D eigenvalue weighted by Gasteiger charge is 2.25. The lowest BCUT2D eigenvalue weighted by Gasteiger charge is -2.37.